The van der Waals surface area contributed by atoms with Gasteiger partial charge in [-0.15, -0.1) is 0 Å². The molecule has 2 rings (SSSR count). The van der Waals surface area contributed by atoms with Crippen molar-refractivity contribution in [1.29, 1.82) is 0 Å². The van der Waals surface area contributed by atoms with Crippen LogP contribution in [0.5, 0.6) is 0 Å². The number of benzene rings is 1. The Kier molecular flexibility index (Phi) is 3.41. The van der Waals surface area contributed by atoms with E-state index in [1.54, 1.807) is 0 Å². The van der Waals surface area contributed by atoms with Crippen molar-refractivity contribution in [3.05, 3.63) is 35.9 Å². The summed E-state index contributed by atoms with van der Waals surface area (Å²) in [6.45, 7) is 0.433. The Balaban J connectivity index is 0.000000845. The number of hydrogen-bond donors (Lipinski definition) is 1. The average Bonchev–Trinajstić information content (AvgIpc) is 2.54. The molecule has 63 valence electrons. The first-order valence-corrected chi connectivity index (χ1v) is 3.84. The van der Waals surface area contributed by atoms with E-state index in [-0.39, 0.29) is 31.0 Å². The topological polar surface area (TPSA) is 38.3 Å². The van der Waals surface area contributed by atoms with Crippen LogP contribution in [-0.2, 0) is 4.74 Å². The van der Waals surface area contributed by atoms with Crippen LogP contribution in [-0.4, -0.2) is 31.6 Å². The zero-order chi connectivity index (χ0) is 8.39. The minimum atomic E-state index is -0.330. The van der Waals surface area contributed by atoms with Crippen LogP contribution in [0.2, 0.25) is 0 Å². The molecule has 13 heavy (non-hydrogen) atoms. The van der Waals surface area contributed by atoms with Crippen molar-refractivity contribution in [2.45, 2.75) is 6.04 Å². The van der Waals surface area contributed by atoms with Gasteiger partial charge in [0.1, 0.15) is 6.61 Å². The maximum absolute atomic E-state index is 10.7. The second-order valence-electron chi connectivity index (χ2n) is 2.71. The van der Waals surface area contributed by atoms with Crippen molar-refractivity contribution in [2.75, 3.05) is 6.61 Å². The third-order valence-electron chi connectivity index (χ3n) is 1.88. The molecule has 1 aromatic rings. The average molecular weight is 170 g/mol. The Morgan fingerprint density at radius 3 is 2.54 bits per heavy atom. The number of cyclic esters (lactones) is 1. The molecule has 1 amide bonds. The van der Waals surface area contributed by atoms with Crippen LogP contribution in [0.1, 0.15) is 11.6 Å². The zero-order valence-electron chi connectivity index (χ0n) is 7.49. The molecule has 0 saturated carbocycles. The van der Waals surface area contributed by atoms with Gasteiger partial charge in [0.05, 0.1) is 6.04 Å². The van der Waals surface area contributed by atoms with E-state index in [1.807, 2.05) is 30.3 Å². The quantitative estimate of drug-likeness (QED) is 0.640. The molecule has 0 aromatic heterocycles. The standard InChI is InChI=1S/C9H9NO2.Li/c11-9-10-8(6-12-9)7-4-2-1-3-5-7;/h1-5,8H,6H2,(H,10,11);/t8-;/m1./s1. The monoisotopic (exact) mass is 170 g/mol. The van der Waals surface area contributed by atoms with Gasteiger partial charge in [-0.1, -0.05) is 30.3 Å². The first kappa shape index (κ1) is 10.2. The number of ether oxygens (including phenoxy) is 1. The van der Waals surface area contributed by atoms with E-state index in [0.29, 0.717) is 6.61 Å². The Labute approximate surface area is 88.6 Å². The third kappa shape index (κ3) is 2.27. The predicted molar refractivity (Wildman–Crippen MR) is 49.4 cm³/mol. The van der Waals surface area contributed by atoms with E-state index >= 15 is 0 Å². The van der Waals surface area contributed by atoms with Gasteiger partial charge in [0.2, 0.25) is 0 Å². The molecule has 1 heterocycles. The summed E-state index contributed by atoms with van der Waals surface area (Å²) in [7, 11) is 0. The first-order valence-electron chi connectivity index (χ1n) is 3.84. The van der Waals surface area contributed by atoms with Crippen LogP contribution in [0.25, 0.3) is 0 Å². The van der Waals surface area contributed by atoms with Crippen molar-refractivity contribution >= 4 is 25.0 Å². The SMILES string of the molecule is O=C1N[C@@H](c2ccccc2)CO1.[Li]. The normalized spacial score (nSPS) is 20.0. The van der Waals surface area contributed by atoms with E-state index in [2.05, 4.69) is 5.32 Å². The Bertz CT molecular complexity index is 289. The molecule has 1 N–H and O–H groups in total. The summed E-state index contributed by atoms with van der Waals surface area (Å²) >= 11 is 0. The number of rotatable bonds is 1. The molecule has 1 radical (unpaired) electrons. The molecule has 1 aromatic carbocycles. The van der Waals surface area contributed by atoms with Gasteiger partial charge in [0, 0.05) is 18.9 Å². The molecule has 0 unspecified atom stereocenters. The molecule has 1 fully saturated rings. The smallest absolute Gasteiger partial charge is 0.407 e. The van der Waals surface area contributed by atoms with Crippen molar-refractivity contribution < 1.29 is 9.53 Å². The molecule has 1 aliphatic rings. The number of hydrogen-bond acceptors (Lipinski definition) is 2. The molecule has 0 spiro atoms. The van der Waals surface area contributed by atoms with Gasteiger partial charge in [-0.2, -0.15) is 0 Å². The maximum atomic E-state index is 10.7. The van der Waals surface area contributed by atoms with Crippen molar-refractivity contribution in [1.82, 2.24) is 5.32 Å². The van der Waals surface area contributed by atoms with Gasteiger partial charge >= 0.3 is 6.09 Å². The third-order valence-corrected chi connectivity index (χ3v) is 1.88. The molecule has 1 atom stereocenters. The van der Waals surface area contributed by atoms with E-state index in [1.165, 1.54) is 0 Å². The first-order chi connectivity index (χ1) is 5.86. The molecule has 0 aliphatic carbocycles. The van der Waals surface area contributed by atoms with Crippen LogP contribution >= 0.6 is 0 Å². The van der Waals surface area contributed by atoms with Crippen LogP contribution in [0.15, 0.2) is 30.3 Å². The predicted octanol–water partition coefficient (Wildman–Crippen LogP) is 1.09. The number of alkyl carbamates (subject to hydrolysis) is 1. The minimum absolute atomic E-state index is 0. The fourth-order valence-electron chi connectivity index (χ4n) is 1.25. The summed E-state index contributed by atoms with van der Waals surface area (Å²) in [5.41, 5.74) is 1.09. The van der Waals surface area contributed by atoms with Gasteiger partial charge in [-0.25, -0.2) is 4.79 Å². The molecule has 1 saturated heterocycles. The number of carbonyl (C=O) groups is 1. The van der Waals surface area contributed by atoms with E-state index in [4.69, 9.17) is 4.74 Å². The van der Waals surface area contributed by atoms with Gasteiger partial charge < -0.3 is 10.1 Å². The van der Waals surface area contributed by atoms with E-state index in [0.717, 1.165) is 5.56 Å². The fraction of sp³-hybridized carbons (Fsp3) is 0.222. The van der Waals surface area contributed by atoms with Gasteiger partial charge in [-0.3, -0.25) is 0 Å². The van der Waals surface area contributed by atoms with Crippen LogP contribution < -0.4 is 5.32 Å². The van der Waals surface area contributed by atoms with E-state index in [9.17, 15) is 4.79 Å². The second-order valence-corrected chi connectivity index (χ2v) is 2.71. The molecule has 3 nitrogen and oxygen atoms in total. The summed E-state index contributed by atoms with van der Waals surface area (Å²) in [6, 6.07) is 9.80. The van der Waals surface area contributed by atoms with Gasteiger partial charge in [0.25, 0.3) is 0 Å². The Morgan fingerprint density at radius 2 is 2.00 bits per heavy atom. The van der Waals surface area contributed by atoms with Gasteiger partial charge in [-0.05, 0) is 5.56 Å². The molecule has 1 aliphatic heterocycles. The largest absolute Gasteiger partial charge is 0.447 e. The molecule has 4 heteroatoms. The second kappa shape index (κ2) is 4.36. The number of nitrogens with one attached hydrogen (secondary N) is 1. The number of amides is 1. The molecule has 0 bridgehead atoms. The van der Waals surface area contributed by atoms with Crippen LogP contribution in [0.3, 0.4) is 0 Å². The molecular weight excluding hydrogens is 161 g/mol. The fourth-order valence-corrected chi connectivity index (χ4v) is 1.25. The summed E-state index contributed by atoms with van der Waals surface area (Å²) < 4.78 is 4.77. The summed E-state index contributed by atoms with van der Waals surface area (Å²) in [5.74, 6) is 0. The van der Waals surface area contributed by atoms with Crippen LogP contribution in [0.4, 0.5) is 4.79 Å². The van der Waals surface area contributed by atoms with E-state index < -0.39 is 0 Å². The van der Waals surface area contributed by atoms with Crippen LogP contribution in [0, 0.1) is 0 Å². The van der Waals surface area contributed by atoms with Crippen molar-refractivity contribution in [2.24, 2.45) is 0 Å². The Morgan fingerprint density at radius 1 is 1.31 bits per heavy atom. The summed E-state index contributed by atoms with van der Waals surface area (Å²) in [6.07, 6.45) is -0.330. The van der Waals surface area contributed by atoms with Gasteiger partial charge in [0.15, 0.2) is 0 Å². The van der Waals surface area contributed by atoms with Crippen molar-refractivity contribution in [3.8, 4) is 0 Å². The Hall–Kier alpha value is -0.913. The van der Waals surface area contributed by atoms with Crippen molar-refractivity contribution in [3.63, 3.8) is 0 Å². The zero-order valence-corrected chi connectivity index (χ0v) is 7.49. The maximum Gasteiger partial charge on any atom is 0.407 e. The summed E-state index contributed by atoms with van der Waals surface area (Å²) in [5, 5.41) is 2.71. The summed E-state index contributed by atoms with van der Waals surface area (Å²) in [4.78, 5) is 10.7. The molecular formula is C9H9LiNO2. The minimum Gasteiger partial charge on any atom is -0.447 e. The number of carbonyl (C=O) groups excluding carboxylic acids is 1.